The summed E-state index contributed by atoms with van der Waals surface area (Å²) in [5, 5.41) is 6.48. The average molecular weight is 236 g/mol. The lowest BCUT2D eigenvalue weighted by atomic mass is 9.81. The van der Waals surface area contributed by atoms with Gasteiger partial charge in [-0.2, -0.15) is 0 Å². The van der Waals surface area contributed by atoms with Gasteiger partial charge in [-0.1, -0.05) is 19.1 Å². The molecule has 2 aliphatic rings. The SMILES string of the molecule is CC1(CNC(=O)CC2C=CCC2)CCNCC1. The number of nitrogens with one attached hydrogen (secondary N) is 2. The van der Waals surface area contributed by atoms with Crippen molar-refractivity contribution in [1.29, 1.82) is 0 Å². The number of carbonyl (C=O) groups excluding carboxylic acids is 1. The van der Waals surface area contributed by atoms with Gasteiger partial charge in [-0.25, -0.2) is 0 Å². The van der Waals surface area contributed by atoms with E-state index in [1.54, 1.807) is 0 Å². The van der Waals surface area contributed by atoms with Crippen molar-refractivity contribution >= 4 is 5.91 Å². The number of amides is 1. The molecule has 3 nitrogen and oxygen atoms in total. The Balaban J connectivity index is 1.69. The van der Waals surface area contributed by atoms with Crippen molar-refractivity contribution in [3.63, 3.8) is 0 Å². The van der Waals surface area contributed by atoms with Crippen LogP contribution in [-0.4, -0.2) is 25.5 Å². The summed E-state index contributed by atoms with van der Waals surface area (Å²) in [5.74, 6) is 0.706. The van der Waals surface area contributed by atoms with E-state index in [9.17, 15) is 4.79 Å². The zero-order chi connectivity index (χ0) is 12.1. The number of hydrogen-bond donors (Lipinski definition) is 2. The van der Waals surface area contributed by atoms with Gasteiger partial charge in [-0.05, 0) is 50.1 Å². The minimum Gasteiger partial charge on any atom is -0.356 e. The van der Waals surface area contributed by atoms with Gasteiger partial charge < -0.3 is 10.6 Å². The first kappa shape index (κ1) is 12.6. The standard InChI is InChI=1S/C14H24N2O/c1-14(6-8-15-9-7-14)11-16-13(17)10-12-4-2-3-5-12/h2,4,12,15H,3,5-11H2,1H3,(H,16,17). The molecule has 96 valence electrons. The van der Waals surface area contributed by atoms with E-state index < -0.39 is 0 Å². The molecule has 0 bridgehead atoms. The Kier molecular flexibility index (Phi) is 4.21. The first-order valence-corrected chi connectivity index (χ1v) is 6.82. The molecular formula is C14H24N2O. The van der Waals surface area contributed by atoms with Gasteiger partial charge in [0.05, 0.1) is 0 Å². The Labute approximate surface area is 104 Å². The number of hydrogen-bond acceptors (Lipinski definition) is 2. The van der Waals surface area contributed by atoms with Gasteiger partial charge in [0.15, 0.2) is 0 Å². The Morgan fingerprint density at radius 2 is 2.24 bits per heavy atom. The molecule has 1 amide bonds. The minimum absolute atomic E-state index is 0.223. The molecule has 0 radical (unpaired) electrons. The van der Waals surface area contributed by atoms with E-state index in [4.69, 9.17) is 0 Å². The van der Waals surface area contributed by atoms with Crippen LogP contribution in [-0.2, 0) is 4.79 Å². The van der Waals surface area contributed by atoms with Crippen LogP contribution < -0.4 is 10.6 Å². The number of allylic oxidation sites excluding steroid dienone is 2. The molecule has 1 unspecified atom stereocenters. The first-order chi connectivity index (χ1) is 8.18. The molecule has 1 aliphatic heterocycles. The number of rotatable bonds is 4. The lowest BCUT2D eigenvalue weighted by molar-refractivity contribution is -0.122. The monoisotopic (exact) mass is 236 g/mol. The van der Waals surface area contributed by atoms with Gasteiger partial charge in [0.2, 0.25) is 5.91 Å². The van der Waals surface area contributed by atoms with E-state index >= 15 is 0 Å². The predicted molar refractivity (Wildman–Crippen MR) is 69.7 cm³/mol. The second-order valence-electron chi connectivity index (χ2n) is 5.81. The Morgan fingerprint density at radius 3 is 2.88 bits per heavy atom. The predicted octanol–water partition coefficient (Wildman–Crippen LogP) is 1.85. The van der Waals surface area contributed by atoms with E-state index in [0.717, 1.165) is 45.3 Å². The summed E-state index contributed by atoms with van der Waals surface area (Å²) in [6, 6.07) is 0. The maximum atomic E-state index is 11.8. The van der Waals surface area contributed by atoms with Crippen LogP contribution in [0.2, 0.25) is 0 Å². The summed E-state index contributed by atoms with van der Waals surface area (Å²) in [7, 11) is 0. The van der Waals surface area contributed by atoms with Crippen molar-refractivity contribution in [3.8, 4) is 0 Å². The molecule has 2 N–H and O–H groups in total. The van der Waals surface area contributed by atoms with E-state index in [0.29, 0.717) is 17.8 Å². The first-order valence-electron chi connectivity index (χ1n) is 6.82. The normalized spacial score (nSPS) is 27.0. The van der Waals surface area contributed by atoms with Crippen LogP contribution >= 0.6 is 0 Å². The van der Waals surface area contributed by atoms with Crippen LogP contribution in [0.4, 0.5) is 0 Å². The zero-order valence-corrected chi connectivity index (χ0v) is 10.8. The third-order valence-corrected chi connectivity index (χ3v) is 4.08. The molecule has 1 fully saturated rings. The largest absolute Gasteiger partial charge is 0.356 e. The summed E-state index contributed by atoms with van der Waals surface area (Å²) in [5.41, 5.74) is 0.298. The highest BCUT2D eigenvalue weighted by molar-refractivity contribution is 5.76. The molecule has 1 saturated heterocycles. The van der Waals surface area contributed by atoms with E-state index in [-0.39, 0.29) is 5.91 Å². The fraction of sp³-hybridized carbons (Fsp3) is 0.786. The molecule has 0 aromatic heterocycles. The highest BCUT2D eigenvalue weighted by Gasteiger charge is 2.27. The summed E-state index contributed by atoms with van der Waals surface area (Å²) < 4.78 is 0. The van der Waals surface area contributed by atoms with Crippen molar-refractivity contribution in [3.05, 3.63) is 12.2 Å². The molecule has 0 saturated carbocycles. The van der Waals surface area contributed by atoms with Gasteiger partial charge in [-0.15, -0.1) is 0 Å². The average Bonchev–Trinajstić information content (AvgIpc) is 2.80. The smallest absolute Gasteiger partial charge is 0.220 e. The van der Waals surface area contributed by atoms with Gasteiger partial charge in [-0.3, -0.25) is 4.79 Å². The van der Waals surface area contributed by atoms with Crippen LogP contribution in [0.25, 0.3) is 0 Å². The lowest BCUT2D eigenvalue weighted by Crippen LogP contribution is -2.43. The third-order valence-electron chi connectivity index (χ3n) is 4.08. The fourth-order valence-corrected chi connectivity index (χ4v) is 2.69. The second kappa shape index (κ2) is 5.67. The van der Waals surface area contributed by atoms with Gasteiger partial charge in [0.1, 0.15) is 0 Å². The lowest BCUT2D eigenvalue weighted by Gasteiger charge is -2.34. The molecule has 1 heterocycles. The van der Waals surface area contributed by atoms with Crippen molar-refractivity contribution in [2.75, 3.05) is 19.6 Å². The topological polar surface area (TPSA) is 41.1 Å². The van der Waals surface area contributed by atoms with Crippen LogP contribution in [0.5, 0.6) is 0 Å². The molecule has 0 aromatic carbocycles. The molecule has 1 atom stereocenters. The maximum absolute atomic E-state index is 11.8. The highest BCUT2D eigenvalue weighted by atomic mass is 16.1. The maximum Gasteiger partial charge on any atom is 0.220 e. The van der Waals surface area contributed by atoms with Crippen molar-refractivity contribution in [1.82, 2.24) is 10.6 Å². The molecule has 1 aliphatic carbocycles. The molecule has 0 aromatic rings. The van der Waals surface area contributed by atoms with Crippen LogP contribution in [0.15, 0.2) is 12.2 Å². The molecule has 3 heteroatoms. The Morgan fingerprint density at radius 1 is 1.47 bits per heavy atom. The van der Waals surface area contributed by atoms with Gasteiger partial charge in [0, 0.05) is 13.0 Å². The molecular weight excluding hydrogens is 212 g/mol. The molecule has 2 rings (SSSR count). The Bertz CT molecular complexity index is 293. The number of carbonyl (C=O) groups is 1. The van der Waals surface area contributed by atoms with Crippen LogP contribution in [0.3, 0.4) is 0 Å². The van der Waals surface area contributed by atoms with Crippen LogP contribution in [0, 0.1) is 11.3 Å². The zero-order valence-electron chi connectivity index (χ0n) is 10.8. The third kappa shape index (κ3) is 3.84. The van der Waals surface area contributed by atoms with E-state index in [1.807, 2.05) is 0 Å². The summed E-state index contributed by atoms with van der Waals surface area (Å²) in [4.78, 5) is 11.8. The summed E-state index contributed by atoms with van der Waals surface area (Å²) >= 11 is 0. The van der Waals surface area contributed by atoms with Gasteiger partial charge in [0.25, 0.3) is 0 Å². The van der Waals surface area contributed by atoms with E-state index in [2.05, 4.69) is 29.7 Å². The van der Waals surface area contributed by atoms with Crippen molar-refractivity contribution in [2.24, 2.45) is 11.3 Å². The number of piperidine rings is 1. The second-order valence-corrected chi connectivity index (χ2v) is 5.81. The van der Waals surface area contributed by atoms with Crippen LogP contribution in [0.1, 0.15) is 39.0 Å². The minimum atomic E-state index is 0.223. The van der Waals surface area contributed by atoms with Crippen molar-refractivity contribution < 1.29 is 4.79 Å². The highest BCUT2D eigenvalue weighted by Crippen LogP contribution is 2.27. The molecule has 0 spiro atoms. The molecule has 17 heavy (non-hydrogen) atoms. The van der Waals surface area contributed by atoms with Gasteiger partial charge >= 0.3 is 0 Å². The Hall–Kier alpha value is -0.830. The summed E-state index contributed by atoms with van der Waals surface area (Å²) in [6.07, 6.45) is 9.66. The fourth-order valence-electron chi connectivity index (χ4n) is 2.69. The van der Waals surface area contributed by atoms with Crippen molar-refractivity contribution in [2.45, 2.75) is 39.0 Å². The van der Waals surface area contributed by atoms with E-state index in [1.165, 1.54) is 0 Å². The quantitative estimate of drug-likeness (QED) is 0.731. The summed E-state index contributed by atoms with van der Waals surface area (Å²) in [6.45, 7) is 5.28.